The second-order valence-corrected chi connectivity index (χ2v) is 6.32. The maximum atomic E-state index is 3.99. The summed E-state index contributed by atoms with van der Waals surface area (Å²) in [5.74, 6) is 0. The molecule has 1 nitrogen and oxygen atoms in total. The van der Waals surface area contributed by atoms with Crippen molar-refractivity contribution in [1.29, 1.82) is 0 Å². The summed E-state index contributed by atoms with van der Waals surface area (Å²) in [7, 11) is 0. The molecule has 110 valence electrons. The second-order valence-electron chi connectivity index (χ2n) is 6.32. The quantitative estimate of drug-likeness (QED) is 0.707. The second kappa shape index (κ2) is 7.64. The first-order chi connectivity index (χ1) is 9.76. The molecule has 1 aliphatic rings. The van der Waals surface area contributed by atoms with Crippen molar-refractivity contribution in [3.63, 3.8) is 0 Å². The van der Waals surface area contributed by atoms with Crippen molar-refractivity contribution in [3.8, 4) is 0 Å². The predicted molar refractivity (Wildman–Crippen MR) is 87.9 cm³/mol. The van der Waals surface area contributed by atoms with Crippen molar-refractivity contribution < 1.29 is 0 Å². The molecule has 1 aliphatic carbocycles. The van der Waals surface area contributed by atoms with E-state index in [-0.39, 0.29) is 5.54 Å². The summed E-state index contributed by atoms with van der Waals surface area (Å²) < 4.78 is 0. The van der Waals surface area contributed by atoms with Crippen LogP contribution in [0.5, 0.6) is 0 Å². The average Bonchev–Trinajstić information content (AvgIpc) is 2.44. The standard InChI is InChI=1S/C19H29N/c1-3-14-19(15-10-5-4-6-11-16-19)20-17(2)18-12-8-7-9-13-18/h3,7-9,12-13,17,20H,1,4-6,10-11,14-16H2,2H3/t17-/m1/s1. The maximum Gasteiger partial charge on any atom is 0.0297 e. The topological polar surface area (TPSA) is 12.0 Å². The number of rotatable bonds is 5. The monoisotopic (exact) mass is 271 g/mol. The van der Waals surface area contributed by atoms with Crippen LogP contribution in [0.3, 0.4) is 0 Å². The van der Waals surface area contributed by atoms with Crippen molar-refractivity contribution >= 4 is 0 Å². The van der Waals surface area contributed by atoms with Gasteiger partial charge in [0.15, 0.2) is 0 Å². The van der Waals surface area contributed by atoms with Crippen molar-refractivity contribution in [1.82, 2.24) is 5.32 Å². The Kier molecular flexibility index (Phi) is 5.85. The lowest BCUT2D eigenvalue weighted by Crippen LogP contribution is -2.46. The van der Waals surface area contributed by atoms with Gasteiger partial charge in [0.1, 0.15) is 0 Å². The van der Waals surface area contributed by atoms with E-state index in [0.717, 1.165) is 6.42 Å². The van der Waals surface area contributed by atoms with Crippen LogP contribution in [-0.2, 0) is 0 Å². The first-order valence-electron chi connectivity index (χ1n) is 8.19. The van der Waals surface area contributed by atoms with E-state index in [9.17, 15) is 0 Å². The minimum Gasteiger partial charge on any atom is -0.304 e. The zero-order valence-electron chi connectivity index (χ0n) is 12.9. The van der Waals surface area contributed by atoms with Crippen LogP contribution in [0.2, 0.25) is 0 Å². The third kappa shape index (κ3) is 4.21. The van der Waals surface area contributed by atoms with Gasteiger partial charge in [-0.25, -0.2) is 0 Å². The van der Waals surface area contributed by atoms with Crippen molar-refractivity contribution in [2.75, 3.05) is 0 Å². The molecule has 0 heterocycles. The Morgan fingerprint density at radius 2 is 1.70 bits per heavy atom. The van der Waals surface area contributed by atoms with Gasteiger partial charge in [-0.1, -0.05) is 68.5 Å². The van der Waals surface area contributed by atoms with Gasteiger partial charge in [0.2, 0.25) is 0 Å². The normalized spacial score (nSPS) is 20.6. The van der Waals surface area contributed by atoms with Crippen molar-refractivity contribution in [2.24, 2.45) is 0 Å². The van der Waals surface area contributed by atoms with E-state index in [1.807, 2.05) is 0 Å². The molecule has 0 amide bonds. The number of hydrogen-bond donors (Lipinski definition) is 1. The van der Waals surface area contributed by atoms with Crippen LogP contribution in [0.4, 0.5) is 0 Å². The minimum atomic E-state index is 0.261. The molecule has 2 rings (SSSR count). The lowest BCUT2D eigenvalue weighted by molar-refractivity contribution is 0.230. The summed E-state index contributed by atoms with van der Waals surface area (Å²) in [5.41, 5.74) is 1.65. The molecule has 1 aromatic carbocycles. The molecule has 0 bridgehead atoms. The maximum absolute atomic E-state index is 3.99. The molecule has 1 aromatic rings. The van der Waals surface area contributed by atoms with Gasteiger partial charge in [-0.05, 0) is 31.7 Å². The lowest BCUT2D eigenvalue weighted by atomic mass is 9.80. The molecule has 0 unspecified atom stereocenters. The van der Waals surface area contributed by atoms with Crippen molar-refractivity contribution in [2.45, 2.75) is 69.9 Å². The van der Waals surface area contributed by atoms with E-state index in [1.165, 1.54) is 50.5 Å². The molecule has 0 saturated heterocycles. The van der Waals surface area contributed by atoms with E-state index in [2.05, 4.69) is 55.2 Å². The van der Waals surface area contributed by atoms with Crippen LogP contribution >= 0.6 is 0 Å². The molecular formula is C19H29N. The van der Waals surface area contributed by atoms with Gasteiger partial charge in [-0.3, -0.25) is 0 Å². The highest BCUT2D eigenvalue weighted by Gasteiger charge is 2.30. The van der Waals surface area contributed by atoms with Gasteiger partial charge in [-0.15, -0.1) is 6.58 Å². The highest BCUT2D eigenvalue weighted by molar-refractivity contribution is 5.19. The molecule has 0 radical (unpaired) electrons. The zero-order valence-corrected chi connectivity index (χ0v) is 12.9. The van der Waals surface area contributed by atoms with Crippen LogP contribution in [-0.4, -0.2) is 5.54 Å². The predicted octanol–water partition coefficient (Wildman–Crippen LogP) is 5.40. The summed E-state index contributed by atoms with van der Waals surface area (Å²) in [4.78, 5) is 0. The van der Waals surface area contributed by atoms with Crippen LogP contribution in [0, 0.1) is 0 Å². The average molecular weight is 271 g/mol. The summed E-state index contributed by atoms with van der Waals surface area (Å²) in [6, 6.07) is 11.2. The molecule has 1 N–H and O–H groups in total. The van der Waals surface area contributed by atoms with E-state index in [1.54, 1.807) is 0 Å². The Bertz CT molecular complexity index is 387. The van der Waals surface area contributed by atoms with E-state index in [4.69, 9.17) is 0 Å². The Balaban J connectivity index is 2.08. The molecule has 0 aromatic heterocycles. The van der Waals surface area contributed by atoms with E-state index < -0.39 is 0 Å². The van der Waals surface area contributed by atoms with Crippen LogP contribution < -0.4 is 5.32 Å². The lowest BCUT2D eigenvalue weighted by Gasteiger charge is -2.38. The molecule has 0 spiro atoms. The fraction of sp³-hybridized carbons (Fsp3) is 0.579. The molecule has 1 saturated carbocycles. The van der Waals surface area contributed by atoms with E-state index >= 15 is 0 Å². The van der Waals surface area contributed by atoms with Crippen LogP contribution in [0.25, 0.3) is 0 Å². The largest absolute Gasteiger partial charge is 0.304 e. The minimum absolute atomic E-state index is 0.261. The van der Waals surface area contributed by atoms with Gasteiger partial charge >= 0.3 is 0 Å². The molecule has 1 atom stereocenters. The fourth-order valence-electron chi connectivity index (χ4n) is 3.55. The molecule has 20 heavy (non-hydrogen) atoms. The summed E-state index contributed by atoms with van der Waals surface area (Å²) in [6.45, 7) is 6.28. The molecule has 1 fully saturated rings. The number of nitrogens with one attached hydrogen (secondary N) is 1. The number of hydrogen-bond acceptors (Lipinski definition) is 1. The van der Waals surface area contributed by atoms with Gasteiger partial charge < -0.3 is 5.32 Å². The first-order valence-corrected chi connectivity index (χ1v) is 8.19. The smallest absolute Gasteiger partial charge is 0.0297 e. The fourth-order valence-corrected chi connectivity index (χ4v) is 3.55. The summed E-state index contributed by atoms with van der Waals surface area (Å²) in [5, 5.41) is 3.95. The Morgan fingerprint density at radius 1 is 1.10 bits per heavy atom. The van der Waals surface area contributed by atoms with Crippen molar-refractivity contribution in [3.05, 3.63) is 48.6 Å². The number of benzene rings is 1. The first kappa shape index (κ1) is 15.3. The highest BCUT2D eigenvalue weighted by Crippen LogP contribution is 2.32. The molecule has 1 heteroatoms. The van der Waals surface area contributed by atoms with Gasteiger partial charge in [0, 0.05) is 11.6 Å². The third-order valence-electron chi connectivity index (χ3n) is 4.67. The van der Waals surface area contributed by atoms with E-state index in [0.29, 0.717) is 6.04 Å². The van der Waals surface area contributed by atoms with Crippen LogP contribution in [0.15, 0.2) is 43.0 Å². The summed E-state index contributed by atoms with van der Waals surface area (Å²) in [6.07, 6.45) is 12.7. The highest BCUT2D eigenvalue weighted by atomic mass is 15.0. The molecular weight excluding hydrogens is 242 g/mol. The van der Waals surface area contributed by atoms with Crippen LogP contribution in [0.1, 0.15) is 69.9 Å². The SMILES string of the molecule is C=CCC1(N[C@H](C)c2ccccc2)CCCCCCC1. The summed E-state index contributed by atoms with van der Waals surface area (Å²) >= 11 is 0. The Labute approximate surface area is 124 Å². The van der Waals surface area contributed by atoms with Gasteiger partial charge in [-0.2, -0.15) is 0 Å². The molecule has 0 aliphatic heterocycles. The Hall–Kier alpha value is -1.08. The van der Waals surface area contributed by atoms with Gasteiger partial charge in [0.05, 0.1) is 0 Å². The third-order valence-corrected chi connectivity index (χ3v) is 4.67. The van der Waals surface area contributed by atoms with Gasteiger partial charge in [0.25, 0.3) is 0 Å². The Morgan fingerprint density at radius 3 is 2.30 bits per heavy atom. The zero-order chi connectivity index (χ0) is 14.3.